The Labute approximate surface area is 97.3 Å². The SMILES string of the molecule is O=C(COC1CCOC1)c1c(F)cccc1F. The van der Waals surface area contributed by atoms with Crippen molar-refractivity contribution in [2.75, 3.05) is 19.8 Å². The third-order valence-electron chi connectivity index (χ3n) is 2.58. The number of halogens is 2. The highest BCUT2D eigenvalue weighted by Gasteiger charge is 2.21. The van der Waals surface area contributed by atoms with Crippen LogP contribution in [0.4, 0.5) is 8.78 Å². The number of benzene rings is 1. The molecule has 1 heterocycles. The summed E-state index contributed by atoms with van der Waals surface area (Å²) < 4.78 is 36.8. The highest BCUT2D eigenvalue weighted by atomic mass is 19.1. The van der Waals surface area contributed by atoms with Gasteiger partial charge in [0, 0.05) is 6.61 Å². The minimum atomic E-state index is -0.860. The van der Waals surface area contributed by atoms with Gasteiger partial charge >= 0.3 is 0 Å². The number of hydrogen-bond acceptors (Lipinski definition) is 3. The molecule has 0 bridgehead atoms. The lowest BCUT2D eigenvalue weighted by atomic mass is 10.1. The third kappa shape index (κ3) is 2.87. The summed E-state index contributed by atoms with van der Waals surface area (Å²) in [5, 5.41) is 0. The van der Waals surface area contributed by atoms with Gasteiger partial charge in [-0.3, -0.25) is 4.79 Å². The Balaban J connectivity index is 1.99. The van der Waals surface area contributed by atoms with Crippen molar-refractivity contribution in [1.29, 1.82) is 0 Å². The van der Waals surface area contributed by atoms with Gasteiger partial charge in [-0.1, -0.05) is 6.07 Å². The molecule has 1 aliphatic heterocycles. The highest BCUT2D eigenvalue weighted by Crippen LogP contribution is 2.14. The first-order valence-electron chi connectivity index (χ1n) is 5.35. The molecule has 3 nitrogen and oxygen atoms in total. The zero-order valence-electron chi connectivity index (χ0n) is 9.12. The first-order valence-corrected chi connectivity index (χ1v) is 5.35. The smallest absolute Gasteiger partial charge is 0.194 e. The lowest BCUT2D eigenvalue weighted by molar-refractivity contribution is 0.0385. The molecule has 1 unspecified atom stereocenters. The van der Waals surface area contributed by atoms with Crippen LogP contribution in [0.25, 0.3) is 0 Å². The predicted molar refractivity (Wildman–Crippen MR) is 55.9 cm³/mol. The number of hydrogen-bond donors (Lipinski definition) is 0. The maximum absolute atomic E-state index is 13.3. The topological polar surface area (TPSA) is 35.5 Å². The lowest BCUT2D eigenvalue weighted by Gasteiger charge is -2.09. The zero-order chi connectivity index (χ0) is 12.3. The summed E-state index contributed by atoms with van der Waals surface area (Å²) in [7, 11) is 0. The fraction of sp³-hybridized carbons (Fsp3) is 0.417. The molecule has 1 aliphatic rings. The number of carbonyl (C=O) groups is 1. The van der Waals surface area contributed by atoms with Crippen molar-refractivity contribution < 1.29 is 23.0 Å². The molecule has 1 saturated heterocycles. The van der Waals surface area contributed by atoms with E-state index in [1.54, 1.807) is 0 Å². The van der Waals surface area contributed by atoms with Crippen molar-refractivity contribution in [3.8, 4) is 0 Å². The van der Waals surface area contributed by atoms with Crippen LogP contribution in [0.2, 0.25) is 0 Å². The summed E-state index contributed by atoms with van der Waals surface area (Å²) in [6.07, 6.45) is 0.543. The number of Topliss-reactive ketones (excluding diaryl/α,β-unsaturated/α-hetero) is 1. The molecule has 0 spiro atoms. The van der Waals surface area contributed by atoms with Crippen molar-refractivity contribution in [2.24, 2.45) is 0 Å². The van der Waals surface area contributed by atoms with Gasteiger partial charge in [-0.2, -0.15) is 0 Å². The Kier molecular flexibility index (Phi) is 3.81. The minimum Gasteiger partial charge on any atom is -0.379 e. The van der Waals surface area contributed by atoms with Crippen molar-refractivity contribution in [3.63, 3.8) is 0 Å². The first-order chi connectivity index (χ1) is 8.18. The predicted octanol–water partition coefficient (Wildman–Crippen LogP) is 1.95. The largest absolute Gasteiger partial charge is 0.379 e. The van der Waals surface area contributed by atoms with Crippen molar-refractivity contribution in [3.05, 3.63) is 35.4 Å². The van der Waals surface area contributed by atoms with Gasteiger partial charge < -0.3 is 9.47 Å². The second kappa shape index (κ2) is 5.33. The lowest BCUT2D eigenvalue weighted by Crippen LogP contribution is -2.20. The molecule has 2 rings (SSSR count). The van der Waals surface area contributed by atoms with E-state index in [-0.39, 0.29) is 12.7 Å². The van der Waals surface area contributed by atoms with E-state index in [4.69, 9.17) is 9.47 Å². The highest BCUT2D eigenvalue weighted by molar-refractivity contribution is 5.97. The number of ether oxygens (including phenoxy) is 2. The van der Waals surface area contributed by atoms with E-state index in [9.17, 15) is 13.6 Å². The van der Waals surface area contributed by atoms with Gasteiger partial charge in [0.15, 0.2) is 5.78 Å². The Bertz CT molecular complexity index is 394. The molecule has 1 atom stereocenters. The minimum absolute atomic E-state index is 0.159. The van der Waals surface area contributed by atoms with Crippen LogP contribution >= 0.6 is 0 Å². The summed E-state index contributed by atoms with van der Waals surface area (Å²) >= 11 is 0. The molecule has 1 aromatic carbocycles. The Hall–Kier alpha value is -1.33. The molecule has 17 heavy (non-hydrogen) atoms. The average Bonchev–Trinajstić information content (AvgIpc) is 2.79. The number of ketones is 1. The van der Waals surface area contributed by atoms with Gasteiger partial charge in [0.2, 0.25) is 0 Å². The standard InChI is InChI=1S/C12H12F2O3/c13-9-2-1-3-10(14)12(9)11(15)7-17-8-4-5-16-6-8/h1-3,8H,4-7H2. The van der Waals surface area contributed by atoms with E-state index in [1.807, 2.05) is 0 Å². The summed E-state index contributed by atoms with van der Waals surface area (Å²) in [6.45, 7) is 0.686. The summed E-state index contributed by atoms with van der Waals surface area (Å²) in [5.41, 5.74) is -0.536. The second-order valence-electron chi connectivity index (χ2n) is 3.82. The van der Waals surface area contributed by atoms with Crippen LogP contribution in [0.5, 0.6) is 0 Å². The van der Waals surface area contributed by atoms with Crippen LogP contribution in [0.15, 0.2) is 18.2 Å². The van der Waals surface area contributed by atoms with Crippen molar-refractivity contribution in [1.82, 2.24) is 0 Å². The quantitative estimate of drug-likeness (QED) is 0.757. The van der Waals surface area contributed by atoms with Gasteiger partial charge in [0.1, 0.15) is 18.2 Å². The fourth-order valence-corrected chi connectivity index (χ4v) is 1.67. The van der Waals surface area contributed by atoms with Crippen molar-refractivity contribution in [2.45, 2.75) is 12.5 Å². The van der Waals surface area contributed by atoms with Crippen LogP contribution in [-0.2, 0) is 9.47 Å². The maximum Gasteiger partial charge on any atom is 0.194 e. The fourth-order valence-electron chi connectivity index (χ4n) is 1.67. The normalized spacial score (nSPS) is 19.5. The molecular weight excluding hydrogens is 230 g/mol. The Morgan fingerprint density at radius 3 is 2.71 bits per heavy atom. The van der Waals surface area contributed by atoms with Gasteiger partial charge in [-0.05, 0) is 18.6 Å². The third-order valence-corrected chi connectivity index (χ3v) is 2.58. The Morgan fingerprint density at radius 2 is 2.12 bits per heavy atom. The molecule has 0 radical (unpaired) electrons. The van der Waals surface area contributed by atoms with Crippen LogP contribution in [-0.4, -0.2) is 31.7 Å². The van der Waals surface area contributed by atoms with Gasteiger partial charge in [-0.15, -0.1) is 0 Å². The molecule has 1 fully saturated rings. The summed E-state index contributed by atoms with van der Waals surface area (Å²) in [4.78, 5) is 11.6. The monoisotopic (exact) mass is 242 g/mol. The van der Waals surface area contributed by atoms with E-state index in [0.717, 1.165) is 12.1 Å². The molecule has 0 aliphatic carbocycles. The Morgan fingerprint density at radius 1 is 1.41 bits per heavy atom. The van der Waals surface area contributed by atoms with E-state index in [0.29, 0.717) is 19.6 Å². The molecule has 0 N–H and O–H groups in total. The van der Waals surface area contributed by atoms with Crippen LogP contribution < -0.4 is 0 Å². The molecular formula is C12H12F2O3. The number of carbonyl (C=O) groups excluding carboxylic acids is 1. The van der Waals surface area contributed by atoms with Crippen LogP contribution in [0, 0.1) is 11.6 Å². The molecule has 92 valence electrons. The van der Waals surface area contributed by atoms with Gasteiger partial charge in [0.05, 0.1) is 18.3 Å². The van der Waals surface area contributed by atoms with Crippen LogP contribution in [0.3, 0.4) is 0 Å². The summed E-state index contributed by atoms with van der Waals surface area (Å²) in [5.74, 6) is -2.41. The second-order valence-corrected chi connectivity index (χ2v) is 3.82. The van der Waals surface area contributed by atoms with Crippen LogP contribution in [0.1, 0.15) is 16.8 Å². The zero-order valence-corrected chi connectivity index (χ0v) is 9.12. The van der Waals surface area contributed by atoms with E-state index in [1.165, 1.54) is 6.07 Å². The van der Waals surface area contributed by atoms with E-state index >= 15 is 0 Å². The summed E-state index contributed by atoms with van der Waals surface area (Å²) in [6, 6.07) is 3.32. The molecule has 0 saturated carbocycles. The maximum atomic E-state index is 13.3. The number of rotatable bonds is 4. The van der Waals surface area contributed by atoms with E-state index in [2.05, 4.69) is 0 Å². The van der Waals surface area contributed by atoms with Gasteiger partial charge in [0.25, 0.3) is 0 Å². The van der Waals surface area contributed by atoms with Crippen molar-refractivity contribution >= 4 is 5.78 Å². The van der Waals surface area contributed by atoms with Gasteiger partial charge in [-0.25, -0.2) is 8.78 Å². The molecule has 5 heteroatoms. The van der Waals surface area contributed by atoms with E-state index < -0.39 is 23.0 Å². The molecule has 1 aromatic rings. The average molecular weight is 242 g/mol. The first kappa shape index (κ1) is 12.1. The molecule has 0 aromatic heterocycles. The molecule has 0 amide bonds.